The average molecular weight is 437 g/mol. The number of aryl methyl sites for hydroxylation is 2. The van der Waals surface area contributed by atoms with E-state index in [-0.39, 0.29) is 30.2 Å². The molecule has 2 amide bonds. The van der Waals surface area contributed by atoms with Crippen molar-refractivity contribution < 1.29 is 19.1 Å². The minimum absolute atomic E-state index is 0.0266. The molecule has 32 heavy (non-hydrogen) atoms. The standard InChI is InChI=1S/C26H32N2O4/c1-6-12-32-22-9-7-20(8-10-22)23-24(27-21-15-18(4)14-19(5)16-21)26(30)28(25(23)29)11-13-31-17(2)3/h7-10,14-17,27H,6,11-13H2,1-5H3. The van der Waals surface area contributed by atoms with Gasteiger partial charge in [0.15, 0.2) is 0 Å². The average Bonchev–Trinajstić information content (AvgIpc) is 2.96. The van der Waals surface area contributed by atoms with E-state index < -0.39 is 0 Å². The topological polar surface area (TPSA) is 67.9 Å². The first-order valence-electron chi connectivity index (χ1n) is 11.1. The number of carbonyl (C=O) groups excluding carboxylic acids is 2. The third kappa shape index (κ3) is 5.56. The van der Waals surface area contributed by atoms with Gasteiger partial charge in [-0.2, -0.15) is 0 Å². The maximum atomic E-state index is 13.3. The molecule has 2 aromatic carbocycles. The van der Waals surface area contributed by atoms with Gasteiger partial charge in [0.2, 0.25) is 0 Å². The largest absolute Gasteiger partial charge is 0.494 e. The highest BCUT2D eigenvalue weighted by atomic mass is 16.5. The minimum atomic E-state index is -0.345. The van der Waals surface area contributed by atoms with Crippen molar-refractivity contribution in [2.45, 2.75) is 47.1 Å². The van der Waals surface area contributed by atoms with E-state index in [9.17, 15) is 9.59 Å². The molecule has 1 aliphatic rings. The Kier molecular flexibility index (Phi) is 7.70. The number of ether oxygens (including phenoxy) is 2. The minimum Gasteiger partial charge on any atom is -0.494 e. The fourth-order valence-corrected chi connectivity index (χ4v) is 3.67. The third-order valence-corrected chi connectivity index (χ3v) is 5.04. The van der Waals surface area contributed by atoms with Crippen molar-refractivity contribution >= 4 is 23.1 Å². The highest BCUT2D eigenvalue weighted by Crippen LogP contribution is 2.31. The predicted molar refractivity (Wildman–Crippen MR) is 126 cm³/mol. The van der Waals surface area contributed by atoms with Crippen LogP contribution in [0, 0.1) is 13.8 Å². The van der Waals surface area contributed by atoms with Gasteiger partial charge in [0.25, 0.3) is 11.8 Å². The summed E-state index contributed by atoms with van der Waals surface area (Å²) in [5.41, 5.74) is 4.25. The second kappa shape index (κ2) is 10.5. The van der Waals surface area contributed by atoms with E-state index in [1.165, 1.54) is 4.90 Å². The van der Waals surface area contributed by atoms with Gasteiger partial charge in [0.1, 0.15) is 11.4 Å². The first kappa shape index (κ1) is 23.5. The monoisotopic (exact) mass is 436 g/mol. The summed E-state index contributed by atoms with van der Waals surface area (Å²) in [5.74, 6) is 0.0678. The van der Waals surface area contributed by atoms with Crippen LogP contribution in [-0.2, 0) is 14.3 Å². The molecule has 2 aromatic rings. The van der Waals surface area contributed by atoms with E-state index in [2.05, 4.69) is 11.4 Å². The Bertz CT molecular complexity index is 989. The molecule has 0 saturated carbocycles. The Morgan fingerprint density at radius 2 is 1.59 bits per heavy atom. The van der Waals surface area contributed by atoms with Crippen molar-refractivity contribution in [3.05, 3.63) is 64.9 Å². The molecule has 0 aromatic heterocycles. The van der Waals surface area contributed by atoms with Crippen LogP contribution in [0.15, 0.2) is 48.2 Å². The Balaban J connectivity index is 1.95. The smallest absolute Gasteiger partial charge is 0.278 e. The van der Waals surface area contributed by atoms with Crippen molar-refractivity contribution in [3.63, 3.8) is 0 Å². The van der Waals surface area contributed by atoms with Crippen molar-refractivity contribution in [3.8, 4) is 5.75 Å². The van der Waals surface area contributed by atoms with Crippen molar-refractivity contribution in [1.82, 2.24) is 4.90 Å². The van der Waals surface area contributed by atoms with Crippen LogP contribution in [0.5, 0.6) is 5.75 Å². The molecule has 170 valence electrons. The summed E-state index contributed by atoms with van der Waals surface area (Å²) in [4.78, 5) is 27.8. The second-order valence-corrected chi connectivity index (χ2v) is 8.31. The molecule has 0 bridgehead atoms. The third-order valence-electron chi connectivity index (χ3n) is 5.04. The van der Waals surface area contributed by atoms with Crippen molar-refractivity contribution in [1.29, 1.82) is 0 Å². The van der Waals surface area contributed by atoms with E-state index in [1.54, 1.807) is 0 Å². The number of hydrogen-bond acceptors (Lipinski definition) is 5. The molecule has 6 heteroatoms. The fraction of sp³-hybridized carbons (Fsp3) is 0.385. The number of carbonyl (C=O) groups is 2. The molecule has 0 saturated heterocycles. The number of anilines is 1. The number of imide groups is 1. The van der Waals surface area contributed by atoms with Gasteiger partial charge in [0.05, 0.1) is 31.4 Å². The number of benzene rings is 2. The second-order valence-electron chi connectivity index (χ2n) is 8.31. The van der Waals surface area contributed by atoms with Gasteiger partial charge in [-0.3, -0.25) is 14.5 Å². The van der Waals surface area contributed by atoms with Crippen LogP contribution in [-0.4, -0.2) is 42.6 Å². The first-order chi connectivity index (χ1) is 15.3. The van der Waals surface area contributed by atoms with E-state index >= 15 is 0 Å². The van der Waals surface area contributed by atoms with Gasteiger partial charge in [0, 0.05) is 5.69 Å². The van der Waals surface area contributed by atoms with Gasteiger partial charge in [-0.1, -0.05) is 25.1 Å². The molecule has 0 atom stereocenters. The fourth-order valence-electron chi connectivity index (χ4n) is 3.67. The maximum absolute atomic E-state index is 13.3. The summed E-state index contributed by atoms with van der Waals surface area (Å²) in [7, 11) is 0. The summed E-state index contributed by atoms with van der Waals surface area (Å²) in [6.07, 6.45) is 0.941. The summed E-state index contributed by atoms with van der Waals surface area (Å²) >= 11 is 0. The van der Waals surface area contributed by atoms with E-state index in [0.29, 0.717) is 24.4 Å². The highest BCUT2D eigenvalue weighted by molar-refractivity contribution is 6.36. The Hall–Kier alpha value is -3.12. The molecule has 0 aliphatic carbocycles. The number of rotatable bonds is 10. The summed E-state index contributed by atoms with van der Waals surface area (Å²) in [6.45, 7) is 11.0. The van der Waals surface area contributed by atoms with Crippen molar-refractivity contribution in [2.75, 3.05) is 25.1 Å². The van der Waals surface area contributed by atoms with Crippen LogP contribution in [0.3, 0.4) is 0 Å². The molecule has 1 heterocycles. The normalized spacial score (nSPS) is 14.0. The van der Waals surface area contributed by atoms with Crippen LogP contribution < -0.4 is 10.1 Å². The lowest BCUT2D eigenvalue weighted by atomic mass is 10.0. The maximum Gasteiger partial charge on any atom is 0.278 e. The number of nitrogens with zero attached hydrogens (tertiary/aromatic N) is 1. The molecule has 1 aliphatic heterocycles. The summed E-state index contributed by atoms with van der Waals surface area (Å²) in [6, 6.07) is 13.3. The molecule has 0 unspecified atom stereocenters. The Labute approximate surface area is 190 Å². The number of hydrogen-bond donors (Lipinski definition) is 1. The lowest BCUT2D eigenvalue weighted by Crippen LogP contribution is -2.35. The van der Waals surface area contributed by atoms with Gasteiger partial charge >= 0.3 is 0 Å². The zero-order valence-corrected chi connectivity index (χ0v) is 19.5. The van der Waals surface area contributed by atoms with E-state index in [1.807, 2.05) is 71.0 Å². The van der Waals surface area contributed by atoms with Gasteiger partial charge in [-0.25, -0.2) is 0 Å². The van der Waals surface area contributed by atoms with Gasteiger partial charge < -0.3 is 14.8 Å². The molecule has 0 spiro atoms. The molecule has 0 radical (unpaired) electrons. The summed E-state index contributed by atoms with van der Waals surface area (Å²) < 4.78 is 11.2. The molecule has 3 rings (SSSR count). The van der Waals surface area contributed by atoms with Crippen LogP contribution >= 0.6 is 0 Å². The zero-order chi connectivity index (χ0) is 23.3. The van der Waals surface area contributed by atoms with Crippen molar-refractivity contribution in [2.24, 2.45) is 0 Å². The van der Waals surface area contributed by atoms with Gasteiger partial charge in [-0.15, -0.1) is 0 Å². The molecule has 1 N–H and O–H groups in total. The first-order valence-corrected chi connectivity index (χ1v) is 11.1. The van der Waals surface area contributed by atoms with Crippen LogP contribution in [0.2, 0.25) is 0 Å². The number of amides is 2. The quantitative estimate of drug-likeness (QED) is 0.547. The van der Waals surface area contributed by atoms with Crippen LogP contribution in [0.25, 0.3) is 5.57 Å². The molecule has 0 fully saturated rings. The van der Waals surface area contributed by atoms with E-state index in [4.69, 9.17) is 9.47 Å². The number of nitrogens with one attached hydrogen (secondary N) is 1. The molecular formula is C26H32N2O4. The predicted octanol–water partition coefficient (Wildman–Crippen LogP) is 4.71. The Morgan fingerprint density at radius 3 is 2.19 bits per heavy atom. The van der Waals surface area contributed by atoms with Gasteiger partial charge in [-0.05, 0) is 75.1 Å². The summed E-state index contributed by atoms with van der Waals surface area (Å²) in [5, 5.41) is 3.22. The molecular weight excluding hydrogens is 404 g/mol. The lowest BCUT2D eigenvalue weighted by Gasteiger charge is -2.16. The van der Waals surface area contributed by atoms with E-state index in [0.717, 1.165) is 29.0 Å². The zero-order valence-electron chi connectivity index (χ0n) is 19.5. The van der Waals surface area contributed by atoms with Crippen LogP contribution in [0.4, 0.5) is 5.69 Å². The Morgan fingerprint density at radius 1 is 0.938 bits per heavy atom. The lowest BCUT2D eigenvalue weighted by molar-refractivity contribution is -0.137. The molecule has 6 nitrogen and oxygen atoms in total. The van der Waals surface area contributed by atoms with Crippen LogP contribution in [0.1, 0.15) is 43.9 Å². The SMILES string of the molecule is CCCOc1ccc(C2=C(Nc3cc(C)cc(C)c3)C(=O)N(CCOC(C)C)C2=O)cc1. The highest BCUT2D eigenvalue weighted by Gasteiger charge is 2.39.